The van der Waals surface area contributed by atoms with Crippen LogP contribution in [0.25, 0.3) is 0 Å². The molecule has 6 nitrogen and oxygen atoms in total. The molecule has 7 heteroatoms. The number of aromatic nitrogens is 2. The quantitative estimate of drug-likeness (QED) is 0.905. The van der Waals surface area contributed by atoms with Gasteiger partial charge in [0.25, 0.3) is 5.91 Å². The minimum absolute atomic E-state index is 0.0248. The Bertz CT molecular complexity index is 716. The van der Waals surface area contributed by atoms with Gasteiger partial charge in [0.2, 0.25) is 11.0 Å². The Balaban J connectivity index is 1.86. The van der Waals surface area contributed by atoms with Crippen LogP contribution in [0.2, 0.25) is 0 Å². The molecule has 2 aromatic rings. The third-order valence-corrected chi connectivity index (χ3v) is 5.02. The summed E-state index contributed by atoms with van der Waals surface area (Å²) >= 11 is 1.36. The highest BCUT2D eigenvalue weighted by atomic mass is 32.1. The fraction of sp³-hybridized carbons (Fsp3) is 0.412. The van der Waals surface area contributed by atoms with Crippen LogP contribution >= 0.6 is 11.3 Å². The van der Waals surface area contributed by atoms with Crippen LogP contribution in [0.3, 0.4) is 0 Å². The molecular weight excluding hydrogens is 324 g/mol. The summed E-state index contributed by atoms with van der Waals surface area (Å²) in [4.78, 5) is 26.9. The molecular formula is C17H20N4O2S. The number of likely N-dealkylation sites (tertiary alicyclic amines) is 1. The number of benzene rings is 1. The Kier molecular flexibility index (Phi) is 5.20. The van der Waals surface area contributed by atoms with E-state index in [-0.39, 0.29) is 11.8 Å². The molecule has 126 valence electrons. The van der Waals surface area contributed by atoms with Crippen molar-refractivity contribution in [2.24, 2.45) is 0 Å². The molecule has 1 aliphatic heterocycles. The lowest BCUT2D eigenvalue weighted by Gasteiger charge is -2.33. The van der Waals surface area contributed by atoms with E-state index >= 15 is 0 Å². The summed E-state index contributed by atoms with van der Waals surface area (Å²) in [6.45, 7) is 2.59. The van der Waals surface area contributed by atoms with Gasteiger partial charge in [0.1, 0.15) is 11.0 Å². The molecule has 1 saturated heterocycles. The molecule has 3 rings (SSSR count). The SMILES string of the molecule is CCc1nnc(NC(=O)C(c2ccccc2)N2CCCCC2=O)s1. The molecule has 1 atom stereocenters. The maximum atomic E-state index is 12.9. The Morgan fingerprint density at radius 2 is 2.08 bits per heavy atom. The predicted molar refractivity (Wildman–Crippen MR) is 92.7 cm³/mol. The lowest BCUT2D eigenvalue weighted by molar-refractivity contribution is -0.141. The van der Waals surface area contributed by atoms with Gasteiger partial charge in [0, 0.05) is 13.0 Å². The molecule has 0 spiro atoms. The van der Waals surface area contributed by atoms with Gasteiger partial charge in [-0.1, -0.05) is 48.6 Å². The lowest BCUT2D eigenvalue weighted by atomic mass is 10.0. The van der Waals surface area contributed by atoms with E-state index in [0.29, 0.717) is 18.1 Å². The molecule has 1 N–H and O–H groups in total. The van der Waals surface area contributed by atoms with Crippen molar-refractivity contribution in [2.45, 2.75) is 38.6 Å². The number of hydrogen-bond acceptors (Lipinski definition) is 5. The summed E-state index contributed by atoms with van der Waals surface area (Å²) in [5, 5.41) is 12.2. The van der Waals surface area contributed by atoms with Crippen molar-refractivity contribution < 1.29 is 9.59 Å². The highest BCUT2D eigenvalue weighted by Gasteiger charge is 2.33. The monoisotopic (exact) mass is 344 g/mol. The number of hydrogen-bond donors (Lipinski definition) is 1. The molecule has 24 heavy (non-hydrogen) atoms. The second-order valence-corrected chi connectivity index (χ2v) is 6.76. The van der Waals surface area contributed by atoms with Gasteiger partial charge < -0.3 is 4.90 Å². The van der Waals surface area contributed by atoms with Gasteiger partial charge in [-0.15, -0.1) is 10.2 Å². The highest BCUT2D eigenvalue weighted by molar-refractivity contribution is 7.15. The molecule has 0 saturated carbocycles. The first-order valence-electron chi connectivity index (χ1n) is 8.16. The third-order valence-electron chi connectivity index (χ3n) is 4.03. The summed E-state index contributed by atoms with van der Waals surface area (Å²) in [6.07, 6.45) is 3.07. The zero-order chi connectivity index (χ0) is 16.9. The van der Waals surface area contributed by atoms with E-state index in [4.69, 9.17) is 0 Å². The number of carbonyl (C=O) groups is 2. The second kappa shape index (κ2) is 7.53. The first-order chi connectivity index (χ1) is 11.7. The number of rotatable bonds is 5. The van der Waals surface area contributed by atoms with Gasteiger partial charge in [-0.25, -0.2) is 0 Å². The van der Waals surface area contributed by atoms with E-state index in [1.807, 2.05) is 37.3 Å². The molecule has 2 heterocycles. The molecule has 1 fully saturated rings. The van der Waals surface area contributed by atoms with E-state index in [9.17, 15) is 9.59 Å². The van der Waals surface area contributed by atoms with Gasteiger partial charge in [-0.2, -0.15) is 0 Å². The zero-order valence-electron chi connectivity index (χ0n) is 13.6. The van der Waals surface area contributed by atoms with E-state index in [2.05, 4.69) is 15.5 Å². The molecule has 0 bridgehead atoms. The smallest absolute Gasteiger partial charge is 0.253 e. The van der Waals surface area contributed by atoms with Crippen molar-refractivity contribution in [1.82, 2.24) is 15.1 Å². The minimum Gasteiger partial charge on any atom is -0.327 e. The molecule has 1 unspecified atom stereocenters. The molecule has 1 aromatic heterocycles. The van der Waals surface area contributed by atoms with E-state index in [1.165, 1.54) is 11.3 Å². The van der Waals surface area contributed by atoms with Crippen LogP contribution in [-0.2, 0) is 16.0 Å². The van der Waals surface area contributed by atoms with Crippen molar-refractivity contribution in [1.29, 1.82) is 0 Å². The van der Waals surface area contributed by atoms with Crippen LogP contribution in [0.5, 0.6) is 0 Å². The number of amides is 2. The number of carbonyl (C=O) groups excluding carboxylic acids is 2. The maximum Gasteiger partial charge on any atom is 0.253 e. The van der Waals surface area contributed by atoms with Gasteiger partial charge >= 0.3 is 0 Å². The van der Waals surface area contributed by atoms with Crippen LogP contribution < -0.4 is 5.32 Å². The van der Waals surface area contributed by atoms with E-state index < -0.39 is 6.04 Å². The standard InChI is InChI=1S/C17H20N4O2S/c1-2-13-19-20-17(24-13)18-16(23)15(12-8-4-3-5-9-12)21-11-7-6-10-14(21)22/h3-5,8-9,15H,2,6-7,10-11H2,1H3,(H,18,20,23). The summed E-state index contributed by atoms with van der Waals surface area (Å²) < 4.78 is 0. The number of nitrogens with one attached hydrogen (secondary N) is 1. The van der Waals surface area contributed by atoms with Gasteiger partial charge in [0.15, 0.2) is 0 Å². The highest BCUT2D eigenvalue weighted by Crippen LogP contribution is 2.27. The minimum atomic E-state index is -0.632. The fourth-order valence-corrected chi connectivity index (χ4v) is 3.51. The van der Waals surface area contributed by atoms with Gasteiger partial charge in [-0.05, 0) is 24.8 Å². The summed E-state index contributed by atoms with van der Waals surface area (Å²) in [5.74, 6) is -0.216. The summed E-state index contributed by atoms with van der Waals surface area (Å²) in [7, 11) is 0. The largest absolute Gasteiger partial charge is 0.327 e. The van der Waals surface area contributed by atoms with E-state index in [1.54, 1.807) is 4.90 Å². The predicted octanol–water partition coefficient (Wildman–Crippen LogP) is 2.79. The van der Waals surface area contributed by atoms with Crippen LogP contribution in [0, 0.1) is 0 Å². The van der Waals surface area contributed by atoms with Crippen molar-refractivity contribution in [3.05, 3.63) is 40.9 Å². The van der Waals surface area contributed by atoms with Crippen LogP contribution in [-0.4, -0.2) is 33.5 Å². The Morgan fingerprint density at radius 3 is 2.75 bits per heavy atom. The number of nitrogens with zero attached hydrogens (tertiary/aromatic N) is 3. The lowest BCUT2D eigenvalue weighted by Crippen LogP contribution is -2.43. The van der Waals surface area contributed by atoms with Gasteiger partial charge in [0.05, 0.1) is 0 Å². The van der Waals surface area contributed by atoms with Crippen LogP contribution in [0.15, 0.2) is 30.3 Å². The van der Waals surface area contributed by atoms with E-state index in [0.717, 1.165) is 29.8 Å². The van der Waals surface area contributed by atoms with Crippen LogP contribution in [0.4, 0.5) is 5.13 Å². The Morgan fingerprint density at radius 1 is 1.29 bits per heavy atom. The molecule has 2 amide bonds. The number of piperidine rings is 1. The summed E-state index contributed by atoms with van der Waals surface area (Å²) in [5.41, 5.74) is 0.811. The normalized spacial score (nSPS) is 16.0. The van der Waals surface area contributed by atoms with Crippen molar-refractivity contribution in [3.8, 4) is 0 Å². The average Bonchev–Trinajstić information content (AvgIpc) is 3.05. The Hall–Kier alpha value is -2.28. The topological polar surface area (TPSA) is 75.2 Å². The summed E-state index contributed by atoms with van der Waals surface area (Å²) in [6, 6.07) is 8.78. The number of anilines is 1. The first kappa shape index (κ1) is 16.6. The molecule has 0 aliphatic carbocycles. The maximum absolute atomic E-state index is 12.9. The first-order valence-corrected chi connectivity index (χ1v) is 8.98. The average molecular weight is 344 g/mol. The van der Waals surface area contributed by atoms with Crippen molar-refractivity contribution in [3.63, 3.8) is 0 Å². The molecule has 0 radical (unpaired) electrons. The zero-order valence-corrected chi connectivity index (χ0v) is 14.4. The van der Waals surface area contributed by atoms with Crippen LogP contribution in [0.1, 0.15) is 42.8 Å². The second-order valence-electron chi connectivity index (χ2n) is 5.70. The molecule has 1 aliphatic rings. The van der Waals surface area contributed by atoms with Crippen molar-refractivity contribution >= 4 is 28.3 Å². The third kappa shape index (κ3) is 3.62. The fourth-order valence-electron chi connectivity index (χ4n) is 2.83. The molecule has 1 aromatic carbocycles. The van der Waals surface area contributed by atoms with Gasteiger partial charge in [-0.3, -0.25) is 14.9 Å². The Labute approximate surface area is 144 Å². The van der Waals surface area contributed by atoms with Crippen molar-refractivity contribution in [2.75, 3.05) is 11.9 Å². The number of aryl methyl sites for hydroxylation is 1.